The Kier molecular flexibility index (Phi) is 9.84. The van der Waals surface area contributed by atoms with E-state index in [2.05, 4.69) is 11.8 Å². The van der Waals surface area contributed by atoms with Crippen LogP contribution in [0.4, 0.5) is 0 Å². The molecule has 0 spiro atoms. The molecule has 3 nitrogen and oxygen atoms in total. The predicted octanol–water partition coefficient (Wildman–Crippen LogP) is 2.54. The molecule has 0 unspecified atom stereocenters. The molecule has 0 aliphatic carbocycles. The predicted molar refractivity (Wildman–Crippen MR) is 64.0 cm³/mol. The summed E-state index contributed by atoms with van der Waals surface area (Å²) in [5.74, 6) is 5.65. The lowest BCUT2D eigenvalue weighted by Crippen LogP contribution is -2.13. The average molecular weight is 226 g/mol. The molecule has 0 aromatic carbocycles. The van der Waals surface area contributed by atoms with Crippen molar-refractivity contribution < 1.29 is 14.3 Å². The van der Waals surface area contributed by atoms with Gasteiger partial charge in [0.1, 0.15) is 6.61 Å². The molecule has 0 amide bonds. The minimum atomic E-state index is -0.142. The number of esters is 1. The molecule has 0 aromatic rings. The fraction of sp³-hybridized carbons (Fsp3) is 0.769. The van der Waals surface area contributed by atoms with Gasteiger partial charge in [0.05, 0.1) is 12.7 Å². The maximum atomic E-state index is 11.2. The van der Waals surface area contributed by atoms with E-state index in [0.29, 0.717) is 19.6 Å². The molecular formula is C13H22O3. The molecule has 0 heterocycles. The summed E-state index contributed by atoms with van der Waals surface area (Å²) >= 11 is 0. The van der Waals surface area contributed by atoms with Crippen molar-refractivity contribution in [2.75, 3.05) is 13.2 Å². The van der Waals surface area contributed by atoms with E-state index in [1.807, 2.05) is 20.8 Å². The van der Waals surface area contributed by atoms with Gasteiger partial charge in [-0.25, -0.2) is 0 Å². The van der Waals surface area contributed by atoms with E-state index in [0.717, 1.165) is 19.3 Å². The molecule has 0 bridgehead atoms. The summed E-state index contributed by atoms with van der Waals surface area (Å²) < 4.78 is 10.3. The van der Waals surface area contributed by atoms with Crippen LogP contribution in [-0.4, -0.2) is 25.3 Å². The Hall–Kier alpha value is -1.01. The molecule has 0 fully saturated rings. The summed E-state index contributed by atoms with van der Waals surface area (Å²) in [6.07, 6.45) is 3.33. The van der Waals surface area contributed by atoms with E-state index in [4.69, 9.17) is 9.47 Å². The highest BCUT2D eigenvalue weighted by Gasteiger charge is 2.02. The molecule has 0 radical (unpaired) electrons. The van der Waals surface area contributed by atoms with Crippen molar-refractivity contribution in [1.82, 2.24) is 0 Å². The number of hydrogen-bond donors (Lipinski definition) is 0. The standard InChI is InChI=1S/C13H22O3/c1-4-5-6-7-8-9-13(14)16-11-10-15-12(2)3/h12H,6-11H2,1-3H3. The van der Waals surface area contributed by atoms with Crippen LogP contribution in [0.25, 0.3) is 0 Å². The topological polar surface area (TPSA) is 35.5 Å². The first kappa shape index (κ1) is 15.0. The van der Waals surface area contributed by atoms with Gasteiger partial charge in [0.15, 0.2) is 0 Å². The van der Waals surface area contributed by atoms with Crippen LogP contribution in [0.5, 0.6) is 0 Å². The lowest BCUT2D eigenvalue weighted by Gasteiger charge is -2.07. The number of hydrogen-bond acceptors (Lipinski definition) is 3. The first-order valence-corrected chi connectivity index (χ1v) is 5.83. The zero-order valence-electron chi connectivity index (χ0n) is 10.5. The second kappa shape index (κ2) is 10.5. The van der Waals surface area contributed by atoms with Gasteiger partial charge < -0.3 is 9.47 Å². The molecule has 0 aliphatic heterocycles. The Labute approximate surface area is 98.5 Å². The SMILES string of the molecule is CC#CCCCCC(=O)OCCOC(C)C. The largest absolute Gasteiger partial charge is 0.463 e. The average Bonchev–Trinajstić information content (AvgIpc) is 2.24. The number of ether oxygens (including phenoxy) is 2. The van der Waals surface area contributed by atoms with Gasteiger partial charge in [-0.1, -0.05) is 0 Å². The number of carbonyl (C=O) groups excluding carboxylic acids is 1. The zero-order valence-corrected chi connectivity index (χ0v) is 10.5. The van der Waals surface area contributed by atoms with E-state index in [9.17, 15) is 4.79 Å². The second-order valence-corrected chi connectivity index (χ2v) is 3.77. The van der Waals surface area contributed by atoms with Crippen LogP contribution in [0, 0.1) is 11.8 Å². The van der Waals surface area contributed by atoms with Crippen molar-refractivity contribution in [1.29, 1.82) is 0 Å². The highest BCUT2D eigenvalue weighted by Crippen LogP contribution is 2.00. The highest BCUT2D eigenvalue weighted by molar-refractivity contribution is 5.69. The van der Waals surface area contributed by atoms with Gasteiger partial charge in [0, 0.05) is 12.8 Å². The van der Waals surface area contributed by atoms with E-state index in [1.165, 1.54) is 0 Å². The van der Waals surface area contributed by atoms with Crippen molar-refractivity contribution in [3.8, 4) is 11.8 Å². The first-order chi connectivity index (χ1) is 7.66. The molecule has 92 valence electrons. The molecule has 16 heavy (non-hydrogen) atoms. The third-order valence-corrected chi connectivity index (χ3v) is 1.91. The fourth-order valence-electron chi connectivity index (χ4n) is 1.12. The normalized spacial score (nSPS) is 9.75. The summed E-state index contributed by atoms with van der Waals surface area (Å²) in [6, 6.07) is 0. The van der Waals surface area contributed by atoms with E-state index in [-0.39, 0.29) is 12.1 Å². The quantitative estimate of drug-likeness (QED) is 0.362. The third kappa shape index (κ3) is 11.1. The van der Waals surface area contributed by atoms with Crippen molar-refractivity contribution in [3.63, 3.8) is 0 Å². The van der Waals surface area contributed by atoms with E-state index in [1.54, 1.807) is 0 Å². The molecule has 0 saturated carbocycles. The van der Waals surface area contributed by atoms with Crippen LogP contribution < -0.4 is 0 Å². The van der Waals surface area contributed by atoms with E-state index < -0.39 is 0 Å². The Morgan fingerprint density at radius 1 is 1.25 bits per heavy atom. The minimum Gasteiger partial charge on any atom is -0.463 e. The lowest BCUT2D eigenvalue weighted by molar-refractivity contribution is -0.145. The smallest absolute Gasteiger partial charge is 0.305 e. The summed E-state index contributed by atoms with van der Waals surface area (Å²) in [6.45, 7) is 6.56. The Bertz CT molecular complexity index is 235. The van der Waals surface area contributed by atoms with Gasteiger partial charge >= 0.3 is 5.97 Å². The summed E-state index contributed by atoms with van der Waals surface area (Å²) in [5, 5.41) is 0. The monoisotopic (exact) mass is 226 g/mol. The van der Waals surface area contributed by atoms with Crippen LogP contribution in [0.15, 0.2) is 0 Å². The molecule has 0 N–H and O–H groups in total. The van der Waals surface area contributed by atoms with Crippen LogP contribution in [0.1, 0.15) is 46.5 Å². The molecule has 3 heteroatoms. The highest BCUT2D eigenvalue weighted by atomic mass is 16.6. The molecule has 0 atom stereocenters. The van der Waals surface area contributed by atoms with Crippen molar-refractivity contribution in [2.24, 2.45) is 0 Å². The van der Waals surface area contributed by atoms with Gasteiger partial charge in [-0.3, -0.25) is 4.79 Å². The maximum Gasteiger partial charge on any atom is 0.305 e. The number of unbranched alkanes of at least 4 members (excludes halogenated alkanes) is 2. The van der Waals surface area contributed by atoms with Crippen molar-refractivity contribution in [3.05, 3.63) is 0 Å². The van der Waals surface area contributed by atoms with Crippen LogP contribution in [0.3, 0.4) is 0 Å². The Balaban J connectivity index is 3.27. The zero-order chi connectivity index (χ0) is 12.2. The molecular weight excluding hydrogens is 204 g/mol. The maximum absolute atomic E-state index is 11.2. The summed E-state index contributed by atoms with van der Waals surface area (Å²) in [5.41, 5.74) is 0. The van der Waals surface area contributed by atoms with Gasteiger partial charge in [-0.2, -0.15) is 0 Å². The van der Waals surface area contributed by atoms with E-state index >= 15 is 0 Å². The van der Waals surface area contributed by atoms with Crippen LogP contribution >= 0.6 is 0 Å². The van der Waals surface area contributed by atoms with Gasteiger partial charge in [-0.05, 0) is 33.6 Å². The van der Waals surface area contributed by atoms with Crippen molar-refractivity contribution in [2.45, 2.75) is 52.6 Å². The van der Waals surface area contributed by atoms with Gasteiger partial charge in [0.25, 0.3) is 0 Å². The Morgan fingerprint density at radius 3 is 2.62 bits per heavy atom. The lowest BCUT2D eigenvalue weighted by atomic mass is 10.2. The Morgan fingerprint density at radius 2 is 2.00 bits per heavy atom. The molecule has 0 rings (SSSR count). The third-order valence-electron chi connectivity index (χ3n) is 1.91. The van der Waals surface area contributed by atoms with Gasteiger partial charge in [-0.15, -0.1) is 11.8 Å². The minimum absolute atomic E-state index is 0.142. The van der Waals surface area contributed by atoms with Gasteiger partial charge in [0.2, 0.25) is 0 Å². The number of carbonyl (C=O) groups is 1. The summed E-state index contributed by atoms with van der Waals surface area (Å²) in [4.78, 5) is 11.2. The molecule has 0 aromatic heterocycles. The fourth-order valence-corrected chi connectivity index (χ4v) is 1.12. The molecule has 0 aliphatic rings. The second-order valence-electron chi connectivity index (χ2n) is 3.77. The summed E-state index contributed by atoms with van der Waals surface area (Å²) in [7, 11) is 0. The molecule has 0 saturated heterocycles. The van der Waals surface area contributed by atoms with Crippen LogP contribution in [-0.2, 0) is 14.3 Å². The first-order valence-electron chi connectivity index (χ1n) is 5.83. The van der Waals surface area contributed by atoms with Crippen molar-refractivity contribution >= 4 is 5.97 Å². The van der Waals surface area contributed by atoms with Crippen LogP contribution in [0.2, 0.25) is 0 Å². The number of rotatable bonds is 8.